The quantitative estimate of drug-likeness (QED) is 0.288. The summed E-state index contributed by atoms with van der Waals surface area (Å²) in [6, 6.07) is 34.6. The number of aryl methyl sites for hydroxylation is 1. The summed E-state index contributed by atoms with van der Waals surface area (Å²) in [5.41, 5.74) is 7.21. The van der Waals surface area contributed by atoms with Crippen LogP contribution in [0.3, 0.4) is 0 Å². The van der Waals surface area contributed by atoms with Gasteiger partial charge >= 0.3 is 0 Å². The predicted octanol–water partition coefficient (Wildman–Crippen LogP) is 7.21. The van der Waals surface area contributed by atoms with Crippen LogP contribution >= 0.6 is 0 Å². The molecule has 1 aromatic heterocycles. The van der Waals surface area contributed by atoms with Crippen LogP contribution in [0.1, 0.15) is 0 Å². The van der Waals surface area contributed by atoms with Gasteiger partial charge in [-0.05, 0) is 33.0 Å². The van der Waals surface area contributed by atoms with Crippen molar-refractivity contribution in [2.75, 3.05) is 0 Å². The number of aromatic nitrogens is 2. The van der Waals surface area contributed by atoms with Gasteiger partial charge in [-0.15, -0.1) is 0 Å². The first-order chi connectivity index (χ1) is 14.8. The van der Waals surface area contributed by atoms with E-state index in [0.717, 1.165) is 5.52 Å². The zero-order valence-electron chi connectivity index (χ0n) is 16.7. The van der Waals surface area contributed by atoms with Crippen LogP contribution in [0.5, 0.6) is 0 Å². The summed E-state index contributed by atoms with van der Waals surface area (Å²) in [4.78, 5) is 4.77. The number of benzene rings is 5. The molecule has 0 spiro atoms. The van der Waals surface area contributed by atoms with Crippen molar-refractivity contribution in [3.8, 4) is 22.3 Å². The molecule has 142 valence electrons. The lowest BCUT2D eigenvalue weighted by atomic mass is 9.89. The van der Waals surface area contributed by atoms with Crippen LogP contribution in [0.2, 0.25) is 0 Å². The minimum atomic E-state index is 1.06. The summed E-state index contributed by atoms with van der Waals surface area (Å²) in [7, 11) is 2.07. The summed E-state index contributed by atoms with van der Waals surface area (Å²) in [6.45, 7) is 0. The molecule has 0 bridgehead atoms. The van der Waals surface area contributed by atoms with Gasteiger partial charge in [0.05, 0.1) is 17.4 Å². The molecule has 0 radical (unpaired) electrons. The molecule has 0 saturated carbocycles. The lowest BCUT2D eigenvalue weighted by Gasteiger charge is -2.15. The van der Waals surface area contributed by atoms with Gasteiger partial charge in [-0.25, -0.2) is 4.98 Å². The molecular weight excluding hydrogens is 364 g/mol. The molecule has 2 nitrogen and oxygen atoms in total. The first kappa shape index (κ1) is 17.0. The summed E-state index contributed by atoms with van der Waals surface area (Å²) < 4.78 is 2.13. The third-order valence-electron chi connectivity index (χ3n) is 6.01. The Labute approximate surface area is 175 Å². The molecule has 0 amide bonds. The largest absolute Gasteiger partial charge is 0.333 e. The second-order valence-electron chi connectivity index (χ2n) is 7.74. The number of hydrogen-bond acceptors (Lipinski definition) is 1. The third kappa shape index (κ3) is 2.40. The molecular formula is C28H20N2. The molecule has 1 heterocycles. The van der Waals surface area contributed by atoms with Crippen LogP contribution < -0.4 is 0 Å². The molecule has 0 aliphatic rings. The molecule has 0 unspecified atom stereocenters. The van der Waals surface area contributed by atoms with Crippen LogP contribution in [-0.2, 0) is 7.05 Å². The zero-order valence-corrected chi connectivity index (χ0v) is 16.7. The van der Waals surface area contributed by atoms with Crippen molar-refractivity contribution in [2.24, 2.45) is 7.05 Å². The average Bonchev–Trinajstić information content (AvgIpc) is 3.21. The van der Waals surface area contributed by atoms with Crippen molar-refractivity contribution in [1.29, 1.82) is 0 Å². The Kier molecular flexibility index (Phi) is 3.72. The fourth-order valence-corrected chi connectivity index (χ4v) is 4.70. The third-order valence-corrected chi connectivity index (χ3v) is 6.01. The van der Waals surface area contributed by atoms with Crippen LogP contribution in [0.15, 0.2) is 103 Å². The van der Waals surface area contributed by atoms with Crippen molar-refractivity contribution < 1.29 is 0 Å². The van der Waals surface area contributed by atoms with Crippen molar-refractivity contribution >= 4 is 32.6 Å². The SMILES string of the molecule is Cn1cnc2c3cccc(-c4ccccc4-c4ccccc4)c3c3ccccc3c21. The Morgan fingerprint density at radius 3 is 2.03 bits per heavy atom. The Balaban J connectivity index is 1.80. The monoisotopic (exact) mass is 384 g/mol. The molecule has 0 fully saturated rings. The van der Waals surface area contributed by atoms with E-state index in [-0.39, 0.29) is 0 Å². The first-order valence-corrected chi connectivity index (χ1v) is 10.2. The van der Waals surface area contributed by atoms with E-state index in [4.69, 9.17) is 4.98 Å². The highest BCUT2D eigenvalue weighted by atomic mass is 15.0. The predicted molar refractivity (Wildman–Crippen MR) is 127 cm³/mol. The summed E-state index contributed by atoms with van der Waals surface area (Å²) in [5, 5.41) is 4.97. The van der Waals surface area contributed by atoms with Crippen LogP contribution in [0, 0.1) is 0 Å². The van der Waals surface area contributed by atoms with Gasteiger partial charge in [-0.1, -0.05) is 97.1 Å². The molecule has 6 aromatic rings. The minimum absolute atomic E-state index is 1.06. The highest BCUT2D eigenvalue weighted by molar-refractivity contribution is 6.27. The number of nitrogens with zero attached hydrogens (tertiary/aromatic N) is 2. The average molecular weight is 384 g/mol. The van der Waals surface area contributed by atoms with E-state index < -0.39 is 0 Å². The molecule has 0 N–H and O–H groups in total. The standard InChI is InChI=1S/C28H20N2/c1-30-18-29-27-25-17-9-16-22(26(25)23-14-7-8-15-24(23)28(27)30)21-13-6-5-12-20(21)19-10-3-2-4-11-19/h2-18H,1H3. The second kappa shape index (κ2) is 6.57. The first-order valence-electron chi connectivity index (χ1n) is 10.2. The maximum atomic E-state index is 4.77. The highest BCUT2D eigenvalue weighted by Crippen LogP contribution is 2.42. The number of fused-ring (bicyclic) bond motifs is 6. The molecule has 30 heavy (non-hydrogen) atoms. The van der Waals surface area contributed by atoms with E-state index in [9.17, 15) is 0 Å². The molecule has 0 atom stereocenters. The molecule has 5 aromatic carbocycles. The van der Waals surface area contributed by atoms with Crippen LogP contribution in [-0.4, -0.2) is 9.55 Å². The number of imidazole rings is 1. The van der Waals surface area contributed by atoms with E-state index in [1.54, 1.807) is 0 Å². The summed E-state index contributed by atoms with van der Waals surface area (Å²) in [6.07, 6.45) is 1.92. The van der Waals surface area contributed by atoms with Gasteiger partial charge in [-0.3, -0.25) is 0 Å². The summed E-state index contributed by atoms with van der Waals surface area (Å²) in [5.74, 6) is 0. The Morgan fingerprint density at radius 1 is 0.567 bits per heavy atom. The lowest BCUT2D eigenvalue weighted by Crippen LogP contribution is -1.91. The normalized spacial score (nSPS) is 11.5. The molecule has 6 rings (SSSR count). The van der Waals surface area contributed by atoms with Gasteiger partial charge in [-0.2, -0.15) is 0 Å². The van der Waals surface area contributed by atoms with Crippen molar-refractivity contribution in [3.63, 3.8) is 0 Å². The molecule has 0 aliphatic heterocycles. The van der Waals surface area contributed by atoms with Gasteiger partial charge < -0.3 is 4.57 Å². The van der Waals surface area contributed by atoms with Gasteiger partial charge in [0.15, 0.2) is 0 Å². The van der Waals surface area contributed by atoms with Crippen molar-refractivity contribution in [3.05, 3.63) is 103 Å². The van der Waals surface area contributed by atoms with E-state index in [2.05, 4.69) is 109 Å². The van der Waals surface area contributed by atoms with E-state index in [0.29, 0.717) is 0 Å². The van der Waals surface area contributed by atoms with E-state index in [1.165, 1.54) is 49.3 Å². The van der Waals surface area contributed by atoms with Crippen LogP contribution in [0.4, 0.5) is 0 Å². The van der Waals surface area contributed by atoms with Gasteiger partial charge in [0, 0.05) is 17.8 Å². The number of hydrogen-bond donors (Lipinski definition) is 0. The fourth-order valence-electron chi connectivity index (χ4n) is 4.70. The van der Waals surface area contributed by atoms with Crippen molar-refractivity contribution in [1.82, 2.24) is 9.55 Å². The smallest absolute Gasteiger partial charge is 0.0969 e. The highest BCUT2D eigenvalue weighted by Gasteiger charge is 2.17. The zero-order chi connectivity index (χ0) is 20.1. The van der Waals surface area contributed by atoms with Gasteiger partial charge in [0.25, 0.3) is 0 Å². The Hall–Kier alpha value is -3.91. The van der Waals surface area contributed by atoms with E-state index >= 15 is 0 Å². The lowest BCUT2D eigenvalue weighted by molar-refractivity contribution is 0.951. The Morgan fingerprint density at radius 2 is 1.20 bits per heavy atom. The van der Waals surface area contributed by atoms with E-state index in [1.807, 2.05) is 6.33 Å². The fraction of sp³-hybridized carbons (Fsp3) is 0.0357. The second-order valence-corrected chi connectivity index (χ2v) is 7.74. The maximum Gasteiger partial charge on any atom is 0.0969 e. The topological polar surface area (TPSA) is 17.8 Å². The maximum absolute atomic E-state index is 4.77. The summed E-state index contributed by atoms with van der Waals surface area (Å²) >= 11 is 0. The van der Waals surface area contributed by atoms with Gasteiger partial charge in [0.1, 0.15) is 0 Å². The van der Waals surface area contributed by atoms with Crippen molar-refractivity contribution in [2.45, 2.75) is 0 Å². The number of rotatable bonds is 2. The van der Waals surface area contributed by atoms with Gasteiger partial charge in [0.2, 0.25) is 0 Å². The molecule has 2 heteroatoms. The molecule has 0 saturated heterocycles. The minimum Gasteiger partial charge on any atom is -0.333 e. The molecule has 0 aliphatic carbocycles. The Bertz CT molecular complexity index is 1540. The van der Waals surface area contributed by atoms with Crippen LogP contribution in [0.25, 0.3) is 54.8 Å².